The average Bonchev–Trinajstić information content (AvgIpc) is 2.92. The van der Waals surface area contributed by atoms with Crippen LogP contribution in [0.1, 0.15) is 31.0 Å². The van der Waals surface area contributed by atoms with Crippen molar-refractivity contribution < 1.29 is 4.74 Å². The van der Waals surface area contributed by atoms with Gasteiger partial charge < -0.3 is 9.64 Å². The minimum Gasteiger partial charge on any atom is -0.495 e. The van der Waals surface area contributed by atoms with Crippen molar-refractivity contribution in [3.05, 3.63) is 59.5 Å². The third kappa shape index (κ3) is 2.93. The van der Waals surface area contributed by atoms with Crippen molar-refractivity contribution in [3.8, 4) is 0 Å². The number of hydrogen-bond acceptors (Lipinski definition) is 3. The maximum atomic E-state index is 5.23. The minimum absolute atomic E-state index is 0.220. The Morgan fingerprint density at radius 3 is 2.50 bits per heavy atom. The molecule has 0 saturated heterocycles. The molecule has 1 aromatic carbocycles. The van der Waals surface area contributed by atoms with Crippen molar-refractivity contribution in [3.63, 3.8) is 0 Å². The predicted molar refractivity (Wildman–Crippen MR) is 83.6 cm³/mol. The summed E-state index contributed by atoms with van der Waals surface area (Å²) in [4.78, 5) is 6.88. The molecule has 0 fully saturated rings. The number of ether oxygens (including phenoxy) is 1. The second-order valence-electron chi connectivity index (χ2n) is 4.64. The SMILES string of the molecule is CC.COC1=CN2CC(c3ccc(C)cc3)N=C2C=C1. The van der Waals surface area contributed by atoms with Crippen molar-refractivity contribution in [1.82, 2.24) is 4.90 Å². The molecule has 2 heterocycles. The van der Waals surface area contributed by atoms with Crippen molar-refractivity contribution in [1.29, 1.82) is 0 Å². The number of nitrogens with zero attached hydrogens (tertiary/aromatic N) is 2. The lowest BCUT2D eigenvalue weighted by molar-refractivity contribution is 0.297. The molecular weight excluding hydrogens is 248 g/mol. The molecule has 3 rings (SSSR count). The van der Waals surface area contributed by atoms with Crippen LogP contribution >= 0.6 is 0 Å². The Morgan fingerprint density at radius 1 is 1.15 bits per heavy atom. The summed E-state index contributed by atoms with van der Waals surface area (Å²) in [7, 11) is 1.69. The number of amidine groups is 1. The van der Waals surface area contributed by atoms with Gasteiger partial charge in [-0.15, -0.1) is 0 Å². The molecule has 2 aliphatic heterocycles. The zero-order chi connectivity index (χ0) is 14.5. The summed E-state index contributed by atoms with van der Waals surface area (Å²) in [5.41, 5.74) is 2.55. The van der Waals surface area contributed by atoms with Crippen LogP contribution in [0.15, 0.2) is 53.4 Å². The van der Waals surface area contributed by atoms with Gasteiger partial charge in [-0.2, -0.15) is 0 Å². The van der Waals surface area contributed by atoms with Crippen molar-refractivity contribution in [2.45, 2.75) is 26.8 Å². The van der Waals surface area contributed by atoms with Crippen LogP contribution in [0.3, 0.4) is 0 Å². The maximum absolute atomic E-state index is 5.23. The van der Waals surface area contributed by atoms with E-state index >= 15 is 0 Å². The first-order valence-electron chi connectivity index (χ1n) is 7.11. The highest BCUT2D eigenvalue weighted by atomic mass is 16.5. The molecule has 0 N–H and O–H groups in total. The molecule has 0 bridgehead atoms. The Kier molecular flexibility index (Phi) is 4.61. The van der Waals surface area contributed by atoms with Gasteiger partial charge in [0.1, 0.15) is 11.6 Å². The second-order valence-corrected chi connectivity index (χ2v) is 4.64. The van der Waals surface area contributed by atoms with Gasteiger partial charge in [0.2, 0.25) is 0 Å². The Bertz CT molecular complexity index is 541. The van der Waals surface area contributed by atoms with E-state index in [1.165, 1.54) is 11.1 Å². The van der Waals surface area contributed by atoms with Gasteiger partial charge in [-0.1, -0.05) is 43.7 Å². The number of hydrogen-bond donors (Lipinski definition) is 0. The Hall–Kier alpha value is -2.03. The van der Waals surface area contributed by atoms with Crippen molar-refractivity contribution in [2.75, 3.05) is 13.7 Å². The van der Waals surface area contributed by atoms with E-state index in [1.54, 1.807) is 7.11 Å². The van der Waals surface area contributed by atoms with Gasteiger partial charge in [0.05, 0.1) is 19.7 Å². The predicted octanol–water partition coefficient (Wildman–Crippen LogP) is 3.83. The lowest BCUT2D eigenvalue weighted by Crippen LogP contribution is -2.23. The first kappa shape index (κ1) is 14.4. The molecule has 3 nitrogen and oxygen atoms in total. The fourth-order valence-electron chi connectivity index (χ4n) is 2.25. The zero-order valence-corrected chi connectivity index (χ0v) is 12.6. The Labute approximate surface area is 121 Å². The van der Waals surface area contributed by atoms with E-state index in [0.717, 1.165) is 18.1 Å². The molecule has 0 spiro atoms. The van der Waals surface area contributed by atoms with Gasteiger partial charge in [-0.3, -0.25) is 4.99 Å². The molecule has 2 aliphatic rings. The average molecular weight is 270 g/mol. The normalized spacial score (nSPS) is 19.6. The summed E-state index contributed by atoms with van der Waals surface area (Å²) in [6, 6.07) is 8.82. The number of aryl methyl sites for hydroxylation is 1. The highest BCUT2D eigenvalue weighted by Gasteiger charge is 2.25. The monoisotopic (exact) mass is 270 g/mol. The van der Waals surface area contributed by atoms with E-state index in [9.17, 15) is 0 Å². The van der Waals surface area contributed by atoms with E-state index in [-0.39, 0.29) is 6.04 Å². The number of allylic oxidation sites excluding steroid dienone is 1. The molecule has 0 radical (unpaired) electrons. The van der Waals surface area contributed by atoms with Crippen LogP contribution in [0, 0.1) is 6.92 Å². The highest BCUT2D eigenvalue weighted by molar-refractivity contribution is 5.96. The summed E-state index contributed by atoms with van der Waals surface area (Å²) in [6.07, 6.45) is 5.97. The molecule has 1 atom stereocenters. The molecule has 1 aromatic rings. The lowest BCUT2D eigenvalue weighted by Gasteiger charge is -2.18. The first-order chi connectivity index (χ1) is 9.76. The van der Waals surface area contributed by atoms with E-state index in [1.807, 2.05) is 32.2 Å². The summed E-state index contributed by atoms with van der Waals surface area (Å²) in [5, 5.41) is 0. The van der Waals surface area contributed by atoms with E-state index in [0.29, 0.717) is 0 Å². The van der Waals surface area contributed by atoms with Crippen LogP contribution in [0.25, 0.3) is 0 Å². The van der Waals surface area contributed by atoms with E-state index in [2.05, 4.69) is 36.1 Å². The Balaban J connectivity index is 0.000000704. The highest BCUT2D eigenvalue weighted by Crippen LogP contribution is 2.28. The van der Waals surface area contributed by atoms with E-state index in [4.69, 9.17) is 9.73 Å². The quantitative estimate of drug-likeness (QED) is 0.815. The molecule has 0 aliphatic carbocycles. The van der Waals surface area contributed by atoms with Crippen LogP contribution in [-0.2, 0) is 4.74 Å². The number of aliphatic imine (C=N–C) groups is 1. The molecule has 106 valence electrons. The van der Waals surface area contributed by atoms with Crippen LogP contribution in [0.5, 0.6) is 0 Å². The third-order valence-electron chi connectivity index (χ3n) is 3.33. The van der Waals surface area contributed by atoms with E-state index < -0.39 is 0 Å². The number of methoxy groups -OCH3 is 1. The molecule has 1 unspecified atom stereocenters. The van der Waals surface area contributed by atoms with Crippen molar-refractivity contribution in [2.24, 2.45) is 4.99 Å². The first-order valence-corrected chi connectivity index (χ1v) is 7.11. The molecule has 0 amide bonds. The van der Waals surface area contributed by atoms with Gasteiger partial charge in [0.25, 0.3) is 0 Å². The molecule has 0 aromatic heterocycles. The van der Waals surface area contributed by atoms with Gasteiger partial charge in [0.15, 0.2) is 0 Å². The third-order valence-corrected chi connectivity index (χ3v) is 3.33. The maximum Gasteiger partial charge on any atom is 0.135 e. The summed E-state index contributed by atoms with van der Waals surface area (Å²) in [6.45, 7) is 6.99. The van der Waals surface area contributed by atoms with Crippen LogP contribution in [-0.4, -0.2) is 24.4 Å². The largest absolute Gasteiger partial charge is 0.495 e. The number of benzene rings is 1. The smallest absolute Gasteiger partial charge is 0.135 e. The Morgan fingerprint density at radius 2 is 1.85 bits per heavy atom. The standard InChI is InChI=1S/C15H16N2O.C2H6/c1-11-3-5-12(6-4-11)14-10-17-9-13(18-2)7-8-15(17)16-14;1-2/h3-9,14H,10H2,1-2H3;1-2H3. The molecule has 0 saturated carbocycles. The molecular formula is C17H22N2O. The summed E-state index contributed by atoms with van der Waals surface area (Å²) in [5.74, 6) is 1.89. The van der Waals surface area contributed by atoms with Crippen LogP contribution in [0.4, 0.5) is 0 Å². The fourth-order valence-corrected chi connectivity index (χ4v) is 2.25. The number of rotatable bonds is 2. The van der Waals surface area contributed by atoms with Crippen LogP contribution < -0.4 is 0 Å². The van der Waals surface area contributed by atoms with Crippen LogP contribution in [0.2, 0.25) is 0 Å². The molecule has 3 heteroatoms. The van der Waals surface area contributed by atoms with Gasteiger partial charge in [-0.25, -0.2) is 0 Å². The zero-order valence-electron chi connectivity index (χ0n) is 12.6. The second kappa shape index (κ2) is 6.42. The fraction of sp³-hybridized carbons (Fsp3) is 0.353. The van der Waals surface area contributed by atoms with Gasteiger partial charge in [-0.05, 0) is 24.6 Å². The summed E-state index contributed by atoms with van der Waals surface area (Å²) < 4.78 is 5.23. The minimum atomic E-state index is 0.220. The lowest BCUT2D eigenvalue weighted by atomic mass is 10.1. The van der Waals surface area contributed by atoms with Crippen molar-refractivity contribution >= 4 is 5.84 Å². The summed E-state index contributed by atoms with van der Waals surface area (Å²) >= 11 is 0. The molecule has 20 heavy (non-hydrogen) atoms. The van der Waals surface area contributed by atoms with Gasteiger partial charge in [0, 0.05) is 6.20 Å². The van der Waals surface area contributed by atoms with Gasteiger partial charge >= 0.3 is 0 Å². The number of fused-ring (bicyclic) bond motifs is 1. The topological polar surface area (TPSA) is 24.8 Å².